The molecule has 0 saturated carbocycles. The molecule has 5 nitrogen and oxygen atoms in total. The minimum atomic E-state index is -0.414. The Labute approximate surface area is 160 Å². The van der Waals surface area contributed by atoms with Crippen LogP contribution >= 0.6 is 0 Å². The summed E-state index contributed by atoms with van der Waals surface area (Å²) in [6.45, 7) is 9.32. The molecular formula is C21H27FN4O. The number of halogens is 1. The number of nitrogens with one attached hydrogen (secondary N) is 2. The molecular weight excluding hydrogens is 343 g/mol. The number of aliphatic imine (C=N–C) groups is 1. The minimum absolute atomic E-state index is 0.374. The number of benzene rings is 2. The maximum atomic E-state index is 14.8. The van der Waals surface area contributed by atoms with Crippen LogP contribution in [0.4, 0.5) is 4.39 Å². The first kappa shape index (κ1) is 20.6. The van der Waals surface area contributed by atoms with E-state index in [2.05, 4.69) is 29.3 Å². The van der Waals surface area contributed by atoms with Gasteiger partial charge in [0.15, 0.2) is 0 Å². The van der Waals surface area contributed by atoms with Crippen molar-refractivity contribution in [2.45, 2.75) is 20.3 Å². The normalized spacial score (nSPS) is 11.5. The standard InChI is InChI=1S/C21H27FN4O/c1-5-14-24-26(4)25-16(3)21(23-6-2)19-13-12-18(15-20(19)22)27-17-10-8-7-9-11-17/h7-13,15,24-25H,3,5-6,14H2,1-2,4H3/b23-21+. The van der Waals surface area contributed by atoms with Crippen LogP contribution in [-0.2, 0) is 0 Å². The number of ether oxygens (including phenoxy) is 1. The van der Waals surface area contributed by atoms with Gasteiger partial charge in [-0.05, 0) is 37.6 Å². The van der Waals surface area contributed by atoms with Gasteiger partial charge in [-0.2, -0.15) is 5.12 Å². The SMILES string of the molecule is C=C(NN(C)NCCC)/C(=N\CC)c1ccc(Oc2ccccc2)cc1F. The maximum Gasteiger partial charge on any atom is 0.136 e. The summed E-state index contributed by atoms with van der Waals surface area (Å²) in [5, 5.41) is 1.70. The maximum absolute atomic E-state index is 14.8. The highest BCUT2D eigenvalue weighted by Gasteiger charge is 2.15. The predicted octanol–water partition coefficient (Wildman–Crippen LogP) is 4.29. The van der Waals surface area contributed by atoms with Crippen LogP contribution < -0.4 is 15.6 Å². The summed E-state index contributed by atoms with van der Waals surface area (Å²) in [6, 6.07) is 14.0. The fraction of sp³-hybridized carbons (Fsp3) is 0.286. The molecule has 0 unspecified atom stereocenters. The second kappa shape index (κ2) is 10.4. The van der Waals surface area contributed by atoms with Crippen molar-refractivity contribution in [1.29, 1.82) is 0 Å². The van der Waals surface area contributed by atoms with Crippen molar-refractivity contribution in [2.75, 3.05) is 20.1 Å². The van der Waals surface area contributed by atoms with Crippen LogP contribution in [0, 0.1) is 5.82 Å². The van der Waals surface area contributed by atoms with Crippen molar-refractivity contribution in [3.05, 3.63) is 72.2 Å². The third-order valence-corrected chi connectivity index (χ3v) is 3.68. The molecule has 0 amide bonds. The Morgan fingerprint density at radius 3 is 2.52 bits per heavy atom. The van der Waals surface area contributed by atoms with E-state index in [1.807, 2.05) is 44.3 Å². The number of rotatable bonds is 10. The zero-order valence-corrected chi connectivity index (χ0v) is 16.1. The predicted molar refractivity (Wildman–Crippen MR) is 108 cm³/mol. The first-order valence-corrected chi connectivity index (χ1v) is 9.05. The molecule has 0 atom stereocenters. The molecule has 0 aliphatic carbocycles. The number of nitrogens with zero attached hydrogens (tertiary/aromatic N) is 2. The molecule has 6 heteroatoms. The van der Waals surface area contributed by atoms with Gasteiger partial charge in [0.05, 0.1) is 11.4 Å². The molecule has 2 rings (SSSR count). The van der Waals surface area contributed by atoms with Gasteiger partial charge in [0.1, 0.15) is 17.3 Å². The van der Waals surface area contributed by atoms with Crippen LogP contribution in [0.15, 0.2) is 65.8 Å². The summed E-state index contributed by atoms with van der Waals surface area (Å²) in [7, 11) is 1.83. The monoisotopic (exact) mass is 370 g/mol. The van der Waals surface area contributed by atoms with E-state index in [-0.39, 0.29) is 0 Å². The largest absolute Gasteiger partial charge is 0.457 e. The van der Waals surface area contributed by atoms with Gasteiger partial charge in [0.2, 0.25) is 0 Å². The van der Waals surface area contributed by atoms with Gasteiger partial charge >= 0.3 is 0 Å². The van der Waals surface area contributed by atoms with Gasteiger partial charge in [-0.1, -0.05) is 31.7 Å². The van der Waals surface area contributed by atoms with Crippen molar-refractivity contribution in [3.63, 3.8) is 0 Å². The van der Waals surface area contributed by atoms with E-state index in [4.69, 9.17) is 4.74 Å². The summed E-state index contributed by atoms with van der Waals surface area (Å²) < 4.78 is 20.5. The van der Waals surface area contributed by atoms with Crippen molar-refractivity contribution in [3.8, 4) is 11.5 Å². The number of hydrogen-bond acceptors (Lipinski definition) is 5. The lowest BCUT2D eigenvalue weighted by Gasteiger charge is -2.22. The van der Waals surface area contributed by atoms with Gasteiger partial charge in [-0.25, -0.2) is 9.82 Å². The average Bonchev–Trinajstić information content (AvgIpc) is 2.66. The molecule has 0 heterocycles. The zero-order chi connectivity index (χ0) is 19.6. The van der Waals surface area contributed by atoms with Gasteiger partial charge in [0.25, 0.3) is 0 Å². The number of allylic oxidation sites excluding steroid dienone is 1. The van der Waals surface area contributed by atoms with E-state index < -0.39 is 5.82 Å². The molecule has 0 saturated heterocycles. The lowest BCUT2D eigenvalue weighted by molar-refractivity contribution is 0.181. The Hall–Kier alpha value is -2.70. The summed E-state index contributed by atoms with van der Waals surface area (Å²) >= 11 is 0. The zero-order valence-electron chi connectivity index (χ0n) is 16.1. The van der Waals surface area contributed by atoms with Crippen LogP contribution in [0.1, 0.15) is 25.8 Å². The van der Waals surface area contributed by atoms with Crippen molar-refractivity contribution in [1.82, 2.24) is 16.0 Å². The molecule has 0 bridgehead atoms. The van der Waals surface area contributed by atoms with Crippen LogP contribution in [0.3, 0.4) is 0 Å². The number of hydrogen-bond donors (Lipinski definition) is 2. The Morgan fingerprint density at radius 2 is 1.89 bits per heavy atom. The van der Waals surface area contributed by atoms with Crippen LogP contribution in [0.25, 0.3) is 0 Å². The number of para-hydroxylation sites is 1. The molecule has 0 fully saturated rings. The molecule has 0 aliphatic rings. The molecule has 0 aliphatic heterocycles. The third kappa shape index (κ3) is 6.20. The van der Waals surface area contributed by atoms with E-state index in [9.17, 15) is 4.39 Å². The fourth-order valence-corrected chi connectivity index (χ4v) is 2.45. The minimum Gasteiger partial charge on any atom is -0.457 e. The van der Waals surface area contributed by atoms with E-state index in [0.29, 0.717) is 35.0 Å². The van der Waals surface area contributed by atoms with Crippen LogP contribution in [0.5, 0.6) is 11.5 Å². The average molecular weight is 370 g/mol. The van der Waals surface area contributed by atoms with Gasteiger partial charge in [-0.3, -0.25) is 4.99 Å². The Kier molecular flexibility index (Phi) is 7.98. The Morgan fingerprint density at radius 1 is 1.15 bits per heavy atom. The fourth-order valence-electron chi connectivity index (χ4n) is 2.45. The molecule has 144 valence electrons. The van der Waals surface area contributed by atoms with E-state index in [0.717, 1.165) is 13.0 Å². The summed E-state index contributed by atoms with van der Waals surface area (Å²) in [6.07, 6.45) is 0.992. The summed E-state index contributed by atoms with van der Waals surface area (Å²) in [4.78, 5) is 4.42. The molecule has 2 aromatic rings. The Bertz CT molecular complexity index is 777. The highest BCUT2D eigenvalue weighted by molar-refractivity contribution is 6.12. The van der Waals surface area contributed by atoms with Gasteiger partial charge in [0, 0.05) is 31.8 Å². The first-order chi connectivity index (χ1) is 13.0. The second-order valence-corrected chi connectivity index (χ2v) is 5.94. The topological polar surface area (TPSA) is 48.9 Å². The first-order valence-electron chi connectivity index (χ1n) is 9.05. The molecule has 2 N–H and O–H groups in total. The lowest BCUT2D eigenvalue weighted by Crippen LogP contribution is -2.46. The second-order valence-electron chi connectivity index (χ2n) is 5.94. The van der Waals surface area contributed by atoms with E-state index >= 15 is 0 Å². The van der Waals surface area contributed by atoms with Crippen molar-refractivity contribution in [2.24, 2.45) is 4.99 Å². The summed E-state index contributed by atoms with van der Waals surface area (Å²) in [5.41, 5.74) is 7.60. The lowest BCUT2D eigenvalue weighted by atomic mass is 10.1. The quantitative estimate of drug-likeness (QED) is 0.484. The molecule has 0 spiro atoms. The highest BCUT2D eigenvalue weighted by atomic mass is 19.1. The van der Waals surface area contributed by atoms with E-state index in [1.54, 1.807) is 17.3 Å². The number of hydrazine groups is 2. The highest BCUT2D eigenvalue weighted by Crippen LogP contribution is 2.24. The molecule has 0 radical (unpaired) electrons. The van der Waals surface area contributed by atoms with Crippen LogP contribution in [0.2, 0.25) is 0 Å². The smallest absolute Gasteiger partial charge is 0.136 e. The molecule has 0 aromatic heterocycles. The molecule has 2 aromatic carbocycles. The van der Waals surface area contributed by atoms with Gasteiger partial charge < -0.3 is 10.2 Å². The third-order valence-electron chi connectivity index (χ3n) is 3.68. The van der Waals surface area contributed by atoms with Crippen LogP contribution in [-0.4, -0.2) is 31.0 Å². The molecule has 27 heavy (non-hydrogen) atoms. The van der Waals surface area contributed by atoms with Crippen molar-refractivity contribution >= 4 is 5.71 Å². The van der Waals surface area contributed by atoms with E-state index in [1.165, 1.54) is 6.07 Å². The Balaban J connectivity index is 2.17. The summed E-state index contributed by atoms with van der Waals surface area (Å²) in [5.74, 6) is 0.670. The van der Waals surface area contributed by atoms with Crippen molar-refractivity contribution < 1.29 is 9.13 Å². The van der Waals surface area contributed by atoms with Gasteiger partial charge in [-0.15, -0.1) is 0 Å².